The van der Waals surface area contributed by atoms with E-state index < -0.39 is 6.04 Å². The molecule has 28 heavy (non-hydrogen) atoms. The van der Waals surface area contributed by atoms with E-state index in [9.17, 15) is 9.59 Å². The average molecular weight is 416 g/mol. The molecular weight excluding hydrogens is 394 g/mol. The summed E-state index contributed by atoms with van der Waals surface area (Å²) in [5.74, 6) is 0.108. The van der Waals surface area contributed by atoms with Crippen molar-refractivity contribution in [2.24, 2.45) is 0 Å². The van der Waals surface area contributed by atoms with Gasteiger partial charge in [-0.2, -0.15) is 5.10 Å². The molecule has 0 radical (unpaired) electrons. The van der Waals surface area contributed by atoms with E-state index in [1.165, 1.54) is 11.3 Å². The highest BCUT2D eigenvalue weighted by Crippen LogP contribution is 2.10. The number of nitrogens with one attached hydrogen (secondary N) is 3. The first-order valence-electron chi connectivity index (χ1n) is 8.88. The van der Waals surface area contributed by atoms with Crippen molar-refractivity contribution in [3.8, 4) is 0 Å². The normalized spacial score (nSPS) is 11.8. The Morgan fingerprint density at radius 3 is 2.71 bits per heavy atom. The van der Waals surface area contributed by atoms with Crippen LogP contribution in [-0.2, 0) is 24.3 Å². The van der Waals surface area contributed by atoms with Gasteiger partial charge in [0.25, 0.3) is 5.91 Å². The number of carbonyl (C=O) groups is 2. The van der Waals surface area contributed by atoms with E-state index in [4.69, 9.17) is 12.2 Å². The van der Waals surface area contributed by atoms with Gasteiger partial charge in [-0.3, -0.25) is 14.7 Å². The van der Waals surface area contributed by atoms with Gasteiger partial charge in [0.15, 0.2) is 10.6 Å². The molecule has 0 aliphatic heterocycles. The molecule has 2 heterocycles. The molecule has 146 valence electrons. The van der Waals surface area contributed by atoms with Gasteiger partial charge in [0, 0.05) is 13.0 Å². The second kappa shape index (κ2) is 9.43. The van der Waals surface area contributed by atoms with Crippen molar-refractivity contribution in [2.75, 3.05) is 0 Å². The van der Waals surface area contributed by atoms with Crippen molar-refractivity contribution >= 4 is 35.4 Å². The van der Waals surface area contributed by atoms with Gasteiger partial charge >= 0.3 is 0 Å². The number of carbonyl (C=O) groups excluding carboxylic acids is 2. The smallest absolute Gasteiger partial charge is 0.262 e. The average Bonchev–Trinajstić information content (AvgIpc) is 3.36. The minimum atomic E-state index is -0.700. The van der Waals surface area contributed by atoms with Crippen LogP contribution in [0.4, 0.5) is 0 Å². The second-order valence-electron chi connectivity index (χ2n) is 6.10. The predicted octanol–water partition coefficient (Wildman–Crippen LogP) is 2.68. The Morgan fingerprint density at radius 2 is 2.04 bits per heavy atom. The molecule has 1 unspecified atom stereocenters. The van der Waals surface area contributed by atoms with Crippen molar-refractivity contribution in [3.63, 3.8) is 0 Å². The first-order chi connectivity index (χ1) is 13.6. The largest absolute Gasteiger partial charge is 0.347 e. The number of hydrogen-bond donors (Lipinski definition) is 3. The Hall–Kier alpha value is -2.78. The third kappa shape index (κ3) is 4.93. The number of thiophene rings is 1. The van der Waals surface area contributed by atoms with Crippen LogP contribution < -0.4 is 10.6 Å². The standard InChI is InChI=1S/C19H21N5O2S2/c1-2-24-16(22-23-19(24)27)12-20-17(25)14(11-13-7-4-3-5-8-13)21-18(26)15-9-6-10-28-15/h3-10,14H,2,11-12H2,1H3,(H,20,25)(H,21,26)(H,23,27). The van der Waals surface area contributed by atoms with E-state index in [-0.39, 0.29) is 18.4 Å². The zero-order chi connectivity index (χ0) is 19.9. The summed E-state index contributed by atoms with van der Waals surface area (Å²) in [7, 11) is 0. The lowest BCUT2D eigenvalue weighted by Crippen LogP contribution is -2.47. The Morgan fingerprint density at radius 1 is 1.25 bits per heavy atom. The molecule has 0 aliphatic carbocycles. The molecule has 9 heteroatoms. The molecule has 7 nitrogen and oxygen atoms in total. The quantitative estimate of drug-likeness (QED) is 0.493. The third-order valence-electron chi connectivity index (χ3n) is 4.22. The molecule has 2 aromatic heterocycles. The second-order valence-corrected chi connectivity index (χ2v) is 7.43. The molecule has 2 amide bonds. The van der Waals surface area contributed by atoms with Crippen molar-refractivity contribution in [2.45, 2.75) is 32.5 Å². The maximum atomic E-state index is 12.8. The fourth-order valence-electron chi connectivity index (χ4n) is 2.80. The lowest BCUT2D eigenvalue weighted by atomic mass is 10.1. The van der Waals surface area contributed by atoms with Gasteiger partial charge in [0.05, 0.1) is 11.4 Å². The lowest BCUT2D eigenvalue weighted by molar-refractivity contribution is -0.123. The molecule has 0 spiro atoms. The van der Waals surface area contributed by atoms with Gasteiger partial charge in [-0.1, -0.05) is 36.4 Å². The number of amides is 2. The molecule has 0 bridgehead atoms. The van der Waals surface area contributed by atoms with Crippen molar-refractivity contribution in [3.05, 3.63) is 68.9 Å². The van der Waals surface area contributed by atoms with Gasteiger partial charge in [-0.25, -0.2) is 0 Å². The molecule has 0 aliphatic rings. The Balaban J connectivity index is 1.72. The minimum absolute atomic E-state index is 0.222. The molecule has 3 N–H and O–H groups in total. The van der Waals surface area contributed by atoms with Crippen molar-refractivity contribution < 1.29 is 9.59 Å². The maximum Gasteiger partial charge on any atom is 0.262 e. The number of rotatable bonds is 8. The van der Waals surface area contributed by atoms with E-state index in [2.05, 4.69) is 20.8 Å². The van der Waals surface area contributed by atoms with Gasteiger partial charge in [0.1, 0.15) is 6.04 Å². The predicted molar refractivity (Wildman–Crippen MR) is 111 cm³/mol. The highest BCUT2D eigenvalue weighted by Gasteiger charge is 2.22. The van der Waals surface area contributed by atoms with Crippen LogP contribution in [0.5, 0.6) is 0 Å². The van der Waals surface area contributed by atoms with Crippen LogP contribution in [0.15, 0.2) is 47.8 Å². The number of hydrogen-bond acceptors (Lipinski definition) is 5. The molecule has 1 atom stereocenters. The molecule has 3 aromatic rings. The summed E-state index contributed by atoms with van der Waals surface area (Å²) in [5.41, 5.74) is 0.963. The minimum Gasteiger partial charge on any atom is -0.347 e. The van der Waals surface area contributed by atoms with Crippen LogP contribution in [0.2, 0.25) is 0 Å². The first-order valence-corrected chi connectivity index (χ1v) is 10.2. The summed E-state index contributed by atoms with van der Waals surface area (Å²) in [6.07, 6.45) is 0.393. The Labute approximate surface area is 171 Å². The number of aromatic nitrogens is 3. The third-order valence-corrected chi connectivity index (χ3v) is 5.40. The van der Waals surface area contributed by atoms with Crippen molar-refractivity contribution in [1.82, 2.24) is 25.4 Å². The monoisotopic (exact) mass is 415 g/mol. The van der Waals surface area contributed by atoms with Crippen LogP contribution in [-0.4, -0.2) is 32.6 Å². The fourth-order valence-corrected chi connectivity index (χ4v) is 3.70. The van der Waals surface area contributed by atoms with E-state index in [0.29, 0.717) is 28.4 Å². The number of aromatic amines is 1. The maximum absolute atomic E-state index is 12.8. The number of nitrogens with zero attached hydrogens (tertiary/aromatic N) is 2. The van der Waals surface area contributed by atoms with Gasteiger partial charge in [-0.05, 0) is 36.2 Å². The summed E-state index contributed by atoms with van der Waals surface area (Å²) < 4.78 is 2.32. The number of H-pyrrole nitrogens is 1. The zero-order valence-corrected chi connectivity index (χ0v) is 17.0. The van der Waals surface area contributed by atoms with Crippen LogP contribution in [0.3, 0.4) is 0 Å². The summed E-state index contributed by atoms with van der Waals surface area (Å²) in [6.45, 7) is 2.83. The summed E-state index contributed by atoms with van der Waals surface area (Å²) >= 11 is 6.51. The Kier molecular flexibility index (Phi) is 6.72. The van der Waals surface area contributed by atoms with Gasteiger partial charge in [-0.15, -0.1) is 11.3 Å². The SMILES string of the molecule is CCn1c(CNC(=O)C(Cc2ccccc2)NC(=O)c2cccs2)n[nH]c1=S. The van der Waals surface area contributed by atoms with Crippen LogP contribution in [0, 0.1) is 4.77 Å². The molecule has 0 fully saturated rings. The Bertz CT molecular complexity index is 979. The summed E-state index contributed by atoms with van der Waals surface area (Å²) in [6, 6.07) is 12.4. The van der Waals surface area contributed by atoms with Crippen LogP contribution in [0.1, 0.15) is 28.0 Å². The van der Waals surface area contributed by atoms with E-state index in [1.54, 1.807) is 12.1 Å². The highest BCUT2D eigenvalue weighted by atomic mass is 32.1. The molecule has 0 saturated carbocycles. The fraction of sp³-hybridized carbons (Fsp3) is 0.263. The van der Waals surface area contributed by atoms with Crippen LogP contribution >= 0.6 is 23.6 Å². The topological polar surface area (TPSA) is 91.8 Å². The highest BCUT2D eigenvalue weighted by molar-refractivity contribution is 7.71. The van der Waals surface area contributed by atoms with Gasteiger partial charge < -0.3 is 15.2 Å². The first kappa shape index (κ1) is 20.0. The van der Waals surface area contributed by atoms with E-state index in [0.717, 1.165) is 5.56 Å². The molecule has 3 rings (SSSR count). The van der Waals surface area contributed by atoms with E-state index >= 15 is 0 Å². The van der Waals surface area contributed by atoms with E-state index in [1.807, 2.05) is 47.2 Å². The lowest BCUT2D eigenvalue weighted by Gasteiger charge is -2.18. The van der Waals surface area contributed by atoms with Crippen molar-refractivity contribution in [1.29, 1.82) is 0 Å². The molecule has 1 aromatic carbocycles. The van der Waals surface area contributed by atoms with Gasteiger partial charge in [0.2, 0.25) is 5.91 Å². The molecular formula is C19H21N5O2S2. The van der Waals surface area contributed by atoms with Crippen LogP contribution in [0.25, 0.3) is 0 Å². The summed E-state index contributed by atoms with van der Waals surface area (Å²) in [4.78, 5) is 25.9. The molecule has 0 saturated heterocycles. The summed E-state index contributed by atoms with van der Waals surface area (Å²) in [5, 5.41) is 14.4. The number of benzene rings is 1. The zero-order valence-electron chi connectivity index (χ0n) is 15.3.